The van der Waals surface area contributed by atoms with Crippen LogP contribution in [0.1, 0.15) is 29.0 Å². The molecule has 0 bridgehead atoms. The summed E-state index contributed by atoms with van der Waals surface area (Å²) in [5.74, 6) is 0.612. The first kappa shape index (κ1) is 18.4. The van der Waals surface area contributed by atoms with Gasteiger partial charge in [0.25, 0.3) is 5.91 Å². The van der Waals surface area contributed by atoms with Gasteiger partial charge in [-0.25, -0.2) is 0 Å². The van der Waals surface area contributed by atoms with Gasteiger partial charge in [-0.3, -0.25) is 14.5 Å². The average Bonchev–Trinajstić information content (AvgIpc) is 3.04. The van der Waals surface area contributed by atoms with E-state index in [1.165, 1.54) is 0 Å². The van der Waals surface area contributed by atoms with E-state index in [1.54, 1.807) is 17.9 Å². The summed E-state index contributed by atoms with van der Waals surface area (Å²) in [6.07, 6.45) is 3.68. The fourth-order valence-electron chi connectivity index (χ4n) is 3.58. The summed E-state index contributed by atoms with van der Waals surface area (Å²) in [7, 11) is 3.91. The van der Waals surface area contributed by atoms with Gasteiger partial charge in [-0.15, -0.1) is 0 Å². The summed E-state index contributed by atoms with van der Waals surface area (Å²) < 4.78 is 7.52. The SMILES string of the molecule is CN1CCC(NC(=O)c2c3cc(OCc4ccccn4)ccc3nn2C)CC1. The third-order valence-electron chi connectivity index (χ3n) is 5.19. The molecule has 0 radical (unpaired) electrons. The zero-order chi connectivity index (χ0) is 19.5. The molecule has 1 amide bonds. The molecule has 3 heterocycles. The van der Waals surface area contributed by atoms with Crippen LogP contribution in [0.15, 0.2) is 42.6 Å². The number of pyridine rings is 1. The third-order valence-corrected chi connectivity index (χ3v) is 5.19. The van der Waals surface area contributed by atoms with Crippen LogP contribution in [0.25, 0.3) is 10.9 Å². The number of likely N-dealkylation sites (tertiary alicyclic amines) is 1. The first-order valence-corrected chi connectivity index (χ1v) is 9.59. The van der Waals surface area contributed by atoms with Crippen molar-refractivity contribution in [2.24, 2.45) is 7.05 Å². The predicted molar refractivity (Wildman–Crippen MR) is 107 cm³/mol. The number of hydrogen-bond donors (Lipinski definition) is 1. The van der Waals surface area contributed by atoms with E-state index in [2.05, 4.69) is 27.3 Å². The number of aromatic nitrogens is 3. The molecule has 3 aromatic rings. The minimum atomic E-state index is -0.0820. The van der Waals surface area contributed by atoms with Crippen molar-refractivity contribution in [2.75, 3.05) is 20.1 Å². The van der Waals surface area contributed by atoms with Gasteiger partial charge in [-0.2, -0.15) is 5.10 Å². The smallest absolute Gasteiger partial charge is 0.270 e. The molecule has 28 heavy (non-hydrogen) atoms. The maximum atomic E-state index is 12.9. The molecule has 1 aromatic carbocycles. The summed E-state index contributed by atoms with van der Waals surface area (Å²) in [6, 6.07) is 11.6. The average molecular weight is 379 g/mol. The number of rotatable bonds is 5. The minimum Gasteiger partial charge on any atom is -0.487 e. The molecular formula is C21H25N5O2. The highest BCUT2D eigenvalue weighted by Gasteiger charge is 2.23. The van der Waals surface area contributed by atoms with E-state index in [9.17, 15) is 4.79 Å². The largest absolute Gasteiger partial charge is 0.487 e. The van der Waals surface area contributed by atoms with E-state index in [0.29, 0.717) is 18.1 Å². The Morgan fingerprint density at radius 3 is 2.79 bits per heavy atom. The van der Waals surface area contributed by atoms with Crippen LogP contribution in [0.2, 0.25) is 0 Å². The van der Waals surface area contributed by atoms with Crippen molar-refractivity contribution in [3.05, 3.63) is 54.0 Å². The lowest BCUT2D eigenvalue weighted by atomic mass is 10.1. The molecule has 1 aliphatic heterocycles. The van der Waals surface area contributed by atoms with Crippen LogP contribution in [-0.2, 0) is 13.7 Å². The van der Waals surface area contributed by atoms with Crippen LogP contribution in [0.4, 0.5) is 0 Å². The van der Waals surface area contributed by atoms with E-state index in [0.717, 1.165) is 42.5 Å². The van der Waals surface area contributed by atoms with Crippen molar-refractivity contribution < 1.29 is 9.53 Å². The van der Waals surface area contributed by atoms with Gasteiger partial charge in [0, 0.05) is 24.7 Å². The lowest BCUT2D eigenvalue weighted by Crippen LogP contribution is -2.43. The van der Waals surface area contributed by atoms with E-state index < -0.39 is 0 Å². The Bertz CT molecular complexity index is 962. The van der Waals surface area contributed by atoms with Crippen LogP contribution in [0.3, 0.4) is 0 Å². The van der Waals surface area contributed by atoms with Gasteiger partial charge in [0.05, 0.1) is 11.2 Å². The lowest BCUT2D eigenvalue weighted by Gasteiger charge is -2.29. The number of ether oxygens (including phenoxy) is 1. The topological polar surface area (TPSA) is 72.3 Å². The maximum Gasteiger partial charge on any atom is 0.270 e. The highest BCUT2D eigenvalue weighted by molar-refractivity contribution is 6.05. The van der Waals surface area contributed by atoms with Crippen molar-refractivity contribution in [1.82, 2.24) is 25.0 Å². The quantitative estimate of drug-likeness (QED) is 0.737. The second-order valence-corrected chi connectivity index (χ2v) is 7.31. The molecule has 0 aliphatic carbocycles. The Morgan fingerprint density at radius 1 is 1.21 bits per heavy atom. The van der Waals surface area contributed by atoms with Crippen molar-refractivity contribution in [3.8, 4) is 5.75 Å². The van der Waals surface area contributed by atoms with E-state index >= 15 is 0 Å². The van der Waals surface area contributed by atoms with Crippen LogP contribution in [0, 0.1) is 0 Å². The van der Waals surface area contributed by atoms with Crippen molar-refractivity contribution in [3.63, 3.8) is 0 Å². The molecule has 4 rings (SSSR count). The maximum absolute atomic E-state index is 12.9. The molecule has 1 saturated heterocycles. The van der Waals surface area contributed by atoms with Gasteiger partial charge < -0.3 is 15.0 Å². The van der Waals surface area contributed by atoms with Gasteiger partial charge >= 0.3 is 0 Å². The lowest BCUT2D eigenvalue weighted by molar-refractivity contribution is 0.0909. The molecular weight excluding hydrogens is 354 g/mol. The molecule has 7 heteroatoms. The summed E-state index contributed by atoms with van der Waals surface area (Å²) in [5.41, 5.74) is 2.20. The minimum absolute atomic E-state index is 0.0820. The standard InChI is InChI=1S/C21H25N5O2/c1-25-11-8-15(9-12-25)23-21(27)20-18-13-17(6-7-19(18)24-26(20)2)28-14-16-5-3-4-10-22-16/h3-7,10,13,15H,8-9,11-12,14H2,1-2H3,(H,23,27). The number of carbonyl (C=O) groups excluding carboxylic acids is 1. The highest BCUT2D eigenvalue weighted by Crippen LogP contribution is 2.24. The first-order chi connectivity index (χ1) is 13.6. The normalized spacial score (nSPS) is 15.6. The van der Waals surface area contributed by atoms with Gasteiger partial charge in [0.2, 0.25) is 0 Å². The molecule has 0 saturated carbocycles. The Labute approximate surface area is 164 Å². The van der Waals surface area contributed by atoms with E-state index in [-0.39, 0.29) is 11.9 Å². The molecule has 0 spiro atoms. The summed E-state index contributed by atoms with van der Waals surface area (Å²) in [6.45, 7) is 2.38. The Morgan fingerprint density at radius 2 is 2.04 bits per heavy atom. The van der Waals surface area contributed by atoms with Crippen molar-refractivity contribution >= 4 is 16.8 Å². The summed E-state index contributed by atoms with van der Waals surface area (Å²) in [5, 5.41) is 8.45. The Kier molecular flexibility index (Phi) is 5.25. The number of carbonyl (C=O) groups is 1. The van der Waals surface area contributed by atoms with Crippen LogP contribution in [0.5, 0.6) is 5.75 Å². The van der Waals surface area contributed by atoms with E-state index in [1.807, 2.05) is 36.4 Å². The molecule has 2 aromatic heterocycles. The van der Waals surface area contributed by atoms with Crippen LogP contribution < -0.4 is 10.1 Å². The monoisotopic (exact) mass is 379 g/mol. The van der Waals surface area contributed by atoms with Gasteiger partial charge in [-0.1, -0.05) is 6.07 Å². The molecule has 146 valence electrons. The van der Waals surface area contributed by atoms with E-state index in [4.69, 9.17) is 4.74 Å². The molecule has 7 nitrogen and oxygen atoms in total. The van der Waals surface area contributed by atoms with Gasteiger partial charge in [-0.05, 0) is 63.3 Å². The highest BCUT2D eigenvalue weighted by atomic mass is 16.5. The van der Waals surface area contributed by atoms with Crippen LogP contribution in [-0.4, -0.2) is 51.8 Å². The Balaban J connectivity index is 1.52. The summed E-state index contributed by atoms with van der Waals surface area (Å²) >= 11 is 0. The zero-order valence-corrected chi connectivity index (χ0v) is 16.3. The molecule has 1 fully saturated rings. The fraction of sp³-hybridized carbons (Fsp3) is 0.381. The Hall–Kier alpha value is -2.93. The number of aryl methyl sites for hydroxylation is 1. The second-order valence-electron chi connectivity index (χ2n) is 7.31. The summed E-state index contributed by atoms with van der Waals surface area (Å²) in [4.78, 5) is 19.5. The number of nitrogens with zero attached hydrogens (tertiary/aromatic N) is 4. The second kappa shape index (κ2) is 7.98. The van der Waals surface area contributed by atoms with Crippen molar-refractivity contribution in [2.45, 2.75) is 25.5 Å². The molecule has 1 N–H and O–H groups in total. The first-order valence-electron chi connectivity index (χ1n) is 9.59. The molecule has 0 atom stereocenters. The predicted octanol–water partition coefficient (Wildman–Crippen LogP) is 2.37. The number of fused-ring (bicyclic) bond motifs is 1. The fourth-order valence-corrected chi connectivity index (χ4v) is 3.58. The molecule has 1 aliphatic rings. The zero-order valence-electron chi connectivity index (χ0n) is 16.3. The van der Waals surface area contributed by atoms with Gasteiger partial charge in [0.15, 0.2) is 0 Å². The molecule has 0 unspecified atom stereocenters. The van der Waals surface area contributed by atoms with Gasteiger partial charge in [0.1, 0.15) is 18.1 Å². The third kappa shape index (κ3) is 3.99. The number of nitrogens with one attached hydrogen (secondary N) is 1. The number of hydrogen-bond acceptors (Lipinski definition) is 5. The number of benzene rings is 1. The van der Waals surface area contributed by atoms with Crippen LogP contribution >= 0.6 is 0 Å². The van der Waals surface area contributed by atoms with Crippen molar-refractivity contribution in [1.29, 1.82) is 0 Å². The number of piperidine rings is 1. The number of amides is 1.